The monoisotopic (exact) mass is 134 g/mol. The summed E-state index contributed by atoms with van der Waals surface area (Å²) in [6.07, 6.45) is 0. The van der Waals surface area contributed by atoms with Crippen molar-refractivity contribution < 1.29 is 4.39 Å². The van der Waals surface area contributed by atoms with Crippen molar-refractivity contribution in [1.82, 2.24) is 0 Å². The van der Waals surface area contributed by atoms with Crippen LogP contribution in [-0.2, 0) is 0 Å². The molecule has 0 heterocycles. The van der Waals surface area contributed by atoms with Crippen LogP contribution in [0.3, 0.4) is 0 Å². The molecule has 1 aromatic carbocycles. The second-order valence-corrected chi connectivity index (χ2v) is 1.99. The first kappa shape index (κ1) is 6.76. The fraction of sp³-hybridized carbons (Fsp3) is 0.125. The Morgan fingerprint density at radius 1 is 1.70 bits per heavy atom. The molecule has 1 nitrogen and oxygen atoms in total. The summed E-state index contributed by atoms with van der Waals surface area (Å²) in [5.74, 6) is -0.484. The number of halogens is 1. The van der Waals surface area contributed by atoms with Gasteiger partial charge in [-0.2, -0.15) is 5.26 Å². The first-order chi connectivity index (χ1) is 4.74. The van der Waals surface area contributed by atoms with Gasteiger partial charge >= 0.3 is 0 Å². The van der Waals surface area contributed by atoms with E-state index in [-0.39, 0.29) is 0 Å². The lowest BCUT2D eigenvalue weighted by molar-refractivity contribution is 0.624. The lowest BCUT2D eigenvalue weighted by Crippen LogP contribution is -1.83. The Morgan fingerprint density at radius 2 is 2.40 bits per heavy atom. The van der Waals surface area contributed by atoms with Gasteiger partial charge in [0.25, 0.3) is 0 Å². The summed E-state index contributed by atoms with van der Waals surface area (Å²) >= 11 is 0. The Hall–Kier alpha value is -1.36. The summed E-state index contributed by atoms with van der Waals surface area (Å²) in [6.45, 7) is 1.74. The van der Waals surface area contributed by atoms with E-state index >= 15 is 0 Å². The van der Waals surface area contributed by atoms with E-state index in [2.05, 4.69) is 6.07 Å². The summed E-state index contributed by atoms with van der Waals surface area (Å²) in [5, 5.41) is 8.41. The zero-order valence-corrected chi connectivity index (χ0v) is 5.48. The average Bonchev–Trinajstić information content (AvgIpc) is 1.94. The zero-order chi connectivity index (χ0) is 7.56. The highest BCUT2D eigenvalue weighted by molar-refractivity contribution is 5.36. The van der Waals surface area contributed by atoms with Gasteiger partial charge in [-0.3, -0.25) is 0 Å². The van der Waals surface area contributed by atoms with Gasteiger partial charge in [0, 0.05) is 6.07 Å². The molecule has 0 aromatic heterocycles. The summed E-state index contributed by atoms with van der Waals surface area (Å²) in [6, 6.07) is 6.87. The van der Waals surface area contributed by atoms with Crippen LogP contribution in [0, 0.1) is 30.1 Å². The molecule has 0 amide bonds. The van der Waals surface area contributed by atoms with E-state index in [9.17, 15) is 4.39 Å². The summed E-state index contributed by atoms with van der Waals surface area (Å²) in [7, 11) is 0. The molecule has 0 saturated carbocycles. The molecule has 0 aliphatic carbocycles. The third-order valence-electron chi connectivity index (χ3n) is 1.24. The molecule has 0 spiro atoms. The molecule has 0 bridgehead atoms. The van der Waals surface area contributed by atoms with Gasteiger partial charge in [0.15, 0.2) is 0 Å². The van der Waals surface area contributed by atoms with Crippen LogP contribution in [0.25, 0.3) is 0 Å². The second kappa shape index (κ2) is 2.49. The lowest BCUT2D eigenvalue weighted by atomic mass is 10.1. The minimum absolute atomic E-state index is 0.372. The van der Waals surface area contributed by atoms with Crippen molar-refractivity contribution in [3.05, 3.63) is 35.1 Å². The van der Waals surface area contributed by atoms with Gasteiger partial charge in [-0.25, -0.2) is 4.39 Å². The van der Waals surface area contributed by atoms with E-state index in [0.29, 0.717) is 5.56 Å². The molecule has 49 valence electrons. The van der Waals surface area contributed by atoms with Gasteiger partial charge in [-0.05, 0) is 24.6 Å². The van der Waals surface area contributed by atoms with Crippen molar-refractivity contribution in [2.75, 3.05) is 0 Å². The lowest BCUT2D eigenvalue weighted by Gasteiger charge is -1.93. The molecule has 10 heavy (non-hydrogen) atoms. The predicted molar refractivity (Wildman–Crippen MR) is 34.7 cm³/mol. The number of rotatable bonds is 0. The Balaban J connectivity index is 3.25. The smallest absolute Gasteiger partial charge is 0.132 e. The number of nitriles is 1. The average molecular weight is 134 g/mol. The van der Waals surface area contributed by atoms with Crippen molar-refractivity contribution in [1.29, 1.82) is 5.26 Å². The van der Waals surface area contributed by atoms with Gasteiger partial charge in [0.05, 0.1) is 11.6 Å². The van der Waals surface area contributed by atoms with E-state index in [1.54, 1.807) is 6.92 Å². The van der Waals surface area contributed by atoms with Crippen LogP contribution in [0.2, 0.25) is 0 Å². The fourth-order valence-electron chi connectivity index (χ4n) is 0.658. The summed E-state index contributed by atoms with van der Waals surface area (Å²) in [4.78, 5) is 0. The highest BCUT2D eigenvalue weighted by atomic mass is 19.1. The van der Waals surface area contributed by atoms with Crippen molar-refractivity contribution in [3.8, 4) is 6.07 Å². The zero-order valence-electron chi connectivity index (χ0n) is 5.48. The Labute approximate surface area is 58.7 Å². The van der Waals surface area contributed by atoms with Crippen LogP contribution in [0.5, 0.6) is 0 Å². The molecule has 2 heteroatoms. The molecule has 1 rings (SSSR count). The number of aryl methyl sites for hydroxylation is 1. The highest BCUT2D eigenvalue weighted by Gasteiger charge is 1.97. The number of nitrogens with zero attached hydrogens (tertiary/aromatic N) is 1. The molecule has 0 aliphatic rings. The van der Waals surface area contributed by atoms with E-state index in [1.165, 1.54) is 12.1 Å². The van der Waals surface area contributed by atoms with E-state index in [1.807, 2.05) is 6.07 Å². The molecule has 0 unspecified atom stereocenters. The number of hydrogen-bond acceptors (Lipinski definition) is 1. The van der Waals surface area contributed by atoms with Gasteiger partial charge < -0.3 is 0 Å². The molecule has 1 aromatic rings. The van der Waals surface area contributed by atoms with Gasteiger partial charge in [-0.1, -0.05) is 0 Å². The van der Waals surface area contributed by atoms with E-state index < -0.39 is 5.82 Å². The largest absolute Gasteiger partial charge is 0.206 e. The van der Waals surface area contributed by atoms with E-state index in [4.69, 9.17) is 5.26 Å². The normalized spacial score (nSPS) is 8.90. The standard InChI is InChI=1S/C8H5FN/c1-6-2-3-8(9)4-7(6)5-10/h2,4H,1H3. The Bertz CT molecular complexity index is 286. The molecule has 0 fully saturated rings. The van der Waals surface area contributed by atoms with Gasteiger partial charge in [-0.15, -0.1) is 0 Å². The third-order valence-corrected chi connectivity index (χ3v) is 1.24. The molecular formula is C8H5FN. The molecule has 0 atom stereocenters. The molecular weight excluding hydrogens is 129 g/mol. The molecule has 0 saturated heterocycles. The van der Waals surface area contributed by atoms with Gasteiger partial charge in [0.2, 0.25) is 0 Å². The van der Waals surface area contributed by atoms with Crippen molar-refractivity contribution in [3.63, 3.8) is 0 Å². The van der Waals surface area contributed by atoms with Crippen LogP contribution >= 0.6 is 0 Å². The number of hydrogen-bond donors (Lipinski definition) is 0. The molecule has 0 N–H and O–H groups in total. The summed E-state index contributed by atoms with van der Waals surface area (Å²) < 4.78 is 12.3. The maximum Gasteiger partial charge on any atom is 0.132 e. The molecule has 0 aliphatic heterocycles. The Kier molecular flexibility index (Phi) is 1.68. The van der Waals surface area contributed by atoms with Crippen LogP contribution < -0.4 is 0 Å². The maximum absolute atomic E-state index is 12.3. The topological polar surface area (TPSA) is 23.8 Å². The SMILES string of the molecule is Cc1c[c]c(F)cc1C#N. The summed E-state index contributed by atoms with van der Waals surface area (Å²) in [5.41, 5.74) is 1.13. The van der Waals surface area contributed by atoms with E-state index in [0.717, 1.165) is 5.56 Å². The van der Waals surface area contributed by atoms with Gasteiger partial charge in [0.1, 0.15) is 5.82 Å². The molecule has 1 radical (unpaired) electrons. The maximum atomic E-state index is 12.3. The van der Waals surface area contributed by atoms with Crippen molar-refractivity contribution in [2.24, 2.45) is 0 Å². The second-order valence-electron chi connectivity index (χ2n) is 1.99. The highest BCUT2D eigenvalue weighted by Crippen LogP contribution is 2.07. The van der Waals surface area contributed by atoms with Crippen molar-refractivity contribution in [2.45, 2.75) is 6.92 Å². The fourth-order valence-corrected chi connectivity index (χ4v) is 0.658. The van der Waals surface area contributed by atoms with Crippen molar-refractivity contribution >= 4 is 0 Å². The third kappa shape index (κ3) is 1.14. The van der Waals surface area contributed by atoms with Crippen LogP contribution in [0.4, 0.5) is 4.39 Å². The quantitative estimate of drug-likeness (QED) is 0.530. The van der Waals surface area contributed by atoms with Crippen LogP contribution in [-0.4, -0.2) is 0 Å². The predicted octanol–water partition coefficient (Wildman–Crippen LogP) is 1.81. The first-order valence-electron chi connectivity index (χ1n) is 2.82. The minimum atomic E-state index is -0.484. The van der Waals surface area contributed by atoms with Crippen LogP contribution in [0.15, 0.2) is 12.1 Å². The minimum Gasteiger partial charge on any atom is -0.206 e. The van der Waals surface area contributed by atoms with Crippen LogP contribution in [0.1, 0.15) is 11.1 Å². The Morgan fingerprint density at radius 3 is 2.90 bits per heavy atom. The number of benzene rings is 1. The first-order valence-corrected chi connectivity index (χ1v) is 2.82.